The Hall–Kier alpha value is -0.240. The number of aliphatic hydroxyl groups is 2. The van der Waals surface area contributed by atoms with E-state index in [0.29, 0.717) is 26.2 Å². The van der Waals surface area contributed by atoms with Gasteiger partial charge in [-0.2, -0.15) is 0 Å². The van der Waals surface area contributed by atoms with Gasteiger partial charge in [-0.25, -0.2) is 0 Å². The Labute approximate surface area is 172 Å². The third-order valence-electron chi connectivity index (χ3n) is 5.93. The van der Waals surface area contributed by atoms with E-state index in [9.17, 15) is 10.2 Å². The minimum absolute atomic E-state index is 0.337. The van der Waals surface area contributed by atoms with E-state index < -0.39 is 6.10 Å². The van der Waals surface area contributed by atoms with Gasteiger partial charge in [-0.1, -0.05) is 0 Å². The van der Waals surface area contributed by atoms with Gasteiger partial charge >= 0.3 is 0 Å². The second-order valence-electron chi connectivity index (χ2n) is 9.96. The molecule has 2 atom stereocenters. The SMILES string of the molecule is CC(C)(CCOC(C)(C)CC(O)CN1CCCC1)OCC(O)CN1CCCC1. The smallest absolute Gasteiger partial charge is 0.0900 e. The van der Waals surface area contributed by atoms with Crippen LogP contribution < -0.4 is 0 Å². The highest BCUT2D eigenvalue weighted by Crippen LogP contribution is 2.22. The van der Waals surface area contributed by atoms with Crippen molar-refractivity contribution in [1.82, 2.24) is 9.80 Å². The molecule has 0 aromatic rings. The van der Waals surface area contributed by atoms with E-state index in [1.165, 1.54) is 25.7 Å². The Morgan fingerprint density at radius 2 is 1.25 bits per heavy atom. The molecule has 0 aromatic heterocycles. The lowest BCUT2D eigenvalue weighted by molar-refractivity contribution is -0.101. The molecule has 28 heavy (non-hydrogen) atoms. The van der Waals surface area contributed by atoms with Crippen molar-refractivity contribution in [1.29, 1.82) is 0 Å². The van der Waals surface area contributed by atoms with E-state index in [-0.39, 0.29) is 17.3 Å². The normalized spacial score (nSPS) is 22.1. The van der Waals surface area contributed by atoms with E-state index in [2.05, 4.69) is 9.80 Å². The summed E-state index contributed by atoms with van der Waals surface area (Å²) in [4.78, 5) is 4.64. The molecule has 2 unspecified atom stereocenters. The third kappa shape index (κ3) is 9.51. The second kappa shape index (κ2) is 11.2. The Morgan fingerprint density at radius 1 is 0.750 bits per heavy atom. The van der Waals surface area contributed by atoms with Crippen molar-refractivity contribution in [2.45, 2.75) is 89.6 Å². The first-order valence-corrected chi connectivity index (χ1v) is 11.2. The molecular formula is C22H44N2O4. The van der Waals surface area contributed by atoms with Gasteiger partial charge in [-0.15, -0.1) is 0 Å². The summed E-state index contributed by atoms with van der Waals surface area (Å²) in [6, 6.07) is 0. The van der Waals surface area contributed by atoms with Gasteiger partial charge in [0.25, 0.3) is 0 Å². The third-order valence-corrected chi connectivity index (χ3v) is 5.93. The predicted molar refractivity (Wildman–Crippen MR) is 113 cm³/mol. The number of likely N-dealkylation sites (tertiary alicyclic amines) is 2. The fourth-order valence-corrected chi connectivity index (χ4v) is 4.24. The van der Waals surface area contributed by atoms with Crippen molar-refractivity contribution in [2.24, 2.45) is 0 Å². The number of β-amino-alcohol motifs (C(OH)–C–C–N with tert-alkyl or cyclic N) is 2. The highest BCUT2D eigenvalue weighted by Gasteiger charge is 2.27. The minimum atomic E-state index is -0.435. The van der Waals surface area contributed by atoms with Crippen molar-refractivity contribution >= 4 is 0 Å². The fraction of sp³-hybridized carbons (Fsp3) is 1.00. The maximum absolute atomic E-state index is 10.4. The lowest BCUT2D eigenvalue weighted by atomic mass is 9.99. The van der Waals surface area contributed by atoms with Crippen LogP contribution in [-0.2, 0) is 9.47 Å². The van der Waals surface area contributed by atoms with E-state index in [1.54, 1.807) is 0 Å². The van der Waals surface area contributed by atoms with Crippen molar-refractivity contribution in [3.05, 3.63) is 0 Å². The van der Waals surface area contributed by atoms with Crippen LogP contribution in [0.3, 0.4) is 0 Å². The maximum Gasteiger partial charge on any atom is 0.0900 e. The summed E-state index contributed by atoms with van der Waals surface area (Å²) in [6.45, 7) is 15.0. The van der Waals surface area contributed by atoms with Crippen molar-refractivity contribution in [3.63, 3.8) is 0 Å². The summed E-state index contributed by atoms with van der Waals surface area (Å²) in [5, 5.41) is 20.6. The molecule has 2 saturated heterocycles. The highest BCUT2D eigenvalue weighted by molar-refractivity contribution is 4.79. The van der Waals surface area contributed by atoms with Gasteiger partial charge in [0.15, 0.2) is 0 Å². The standard InChI is InChI=1S/C22H44N2O4/c1-21(2,28-18-20(26)17-24-12-7-8-13-24)9-14-27-22(3,4)15-19(25)16-23-10-5-6-11-23/h19-20,25-26H,5-18H2,1-4H3. The van der Waals surface area contributed by atoms with Crippen LogP contribution in [0.4, 0.5) is 0 Å². The molecule has 0 bridgehead atoms. The molecule has 6 nitrogen and oxygen atoms in total. The van der Waals surface area contributed by atoms with Crippen LogP contribution in [0, 0.1) is 0 Å². The molecule has 0 amide bonds. The molecule has 2 aliphatic rings. The Balaban J connectivity index is 1.60. The fourth-order valence-electron chi connectivity index (χ4n) is 4.24. The van der Waals surface area contributed by atoms with Gasteiger partial charge in [0.05, 0.1) is 36.6 Å². The molecule has 0 saturated carbocycles. The van der Waals surface area contributed by atoms with Crippen LogP contribution in [0.25, 0.3) is 0 Å². The van der Waals surface area contributed by atoms with E-state index in [4.69, 9.17) is 9.47 Å². The first-order chi connectivity index (χ1) is 13.2. The van der Waals surface area contributed by atoms with E-state index in [0.717, 1.165) is 39.1 Å². The van der Waals surface area contributed by atoms with Crippen LogP contribution in [0.5, 0.6) is 0 Å². The maximum atomic E-state index is 10.4. The topological polar surface area (TPSA) is 65.4 Å². The van der Waals surface area contributed by atoms with Crippen LogP contribution >= 0.6 is 0 Å². The van der Waals surface area contributed by atoms with Gasteiger partial charge in [-0.3, -0.25) is 0 Å². The number of hydrogen-bond acceptors (Lipinski definition) is 6. The summed E-state index contributed by atoms with van der Waals surface area (Å²) < 4.78 is 12.1. The molecule has 2 aliphatic heterocycles. The van der Waals surface area contributed by atoms with Gasteiger partial charge in [0, 0.05) is 19.5 Å². The number of nitrogens with zero attached hydrogens (tertiary/aromatic N) is 2. The van der Waals surface area contributed by atoms with Gasteiger partial charge < -0.3 is 29.5 Å². The molecule has 0 aromatic carbocycles. The first-order valence-electron chi connectivity index (χ1n) is 11.2. The average molecular weight is 401 g/mol. The van der Waals surface area contributed by atoms with E-state index >= 15 is 0 Å². The van der Waals surface area contributed by atoms with Gasteiger partial charge in [0.2, 0.25) is 0 Å². The molecule has 0 radical (unpaired) electrons. The van der Waals surface area contributed by atoms with Crippen LogP contribution in [0.15, 0.2) is 0 Å². The van der Waals surface area contributed by atoms with Crippen LogP contribution in [0.2, 0.25) is 0 Å². The quantitative estimate of drug-likeness (QED) is 0.494. The number of rotatable bonds is 13. The molecule has 2 fully saturated rings. The lowest BCUT2D eigenvalue weighted by Crippen LogP contribution is -2.39. The van der Waals surface area contributed by atoms with Gasteiger partial charge in [0.1, 0.15) is 0 Å². The molecule has 6 heteroatoms. The molecule has 2 N–H and O–H groups in total. The predicted octanol–water partition coefficient (Wildman–Crippen LogP) is 2.27. The summed E-state index contributed by atoms with van der Waals surface area (Å²) in [7, 11) is 0. The minimum Gasteiger partial charge on any atom is -0.392 e. The largest absolute Gasteiger partial charge is 0.392 e. The monoisotopic (exact) mass is 400 g/mol. The Morgan fingerprint density at radius 3 is 1.79 bits per heavy atom. The zero-order chi connectivity index (χ0) is 20.6. The number of ether oxygens (including phenoxy) is 2. The first kappa shape index (κ1) is 24.0. The summed E-state index contributed by atoms with van der Waals surface area (Å²) in [5.41, 5.74) is -0.694. The lowest BCUT2D eigenvalue weighted by Gasteiger charge is -2.32. The number of aliphatic hydroxyl groups excluding tert-OH is 2. The molecule has 166 valence electrons. The van der Waals surface area contributed by atoms with Crippen molar-refractivity contribution < 1.29 is 19.7 Å². The number of hydrogen-bond donors (Lipinski definition) is 2. The molecule has 0 aliphatic carbocycles. The summed E-state index contributed by atoms with van der Waals surface area (Å²) in [5.74, 6) is 0. The summed E-state index contributed by atoms with van der Waals surface area (Å²) in [6.07, 6.45) is 5.57. The average Bonchev–Trinajstić information content (AvgIpc) is 3.26. The van der Waals surface area contributed by atoms with Crippen LogP contribution in [-0.4, -0.2) is 95.9 Å². The van der Waals surface area contributed by atoms with Crippen molar-refractivity contribution in [2.75, 3.05) is 52.5 Å². The molecule has 2 rings (SSSR count). The van der Waals surface area contributed by atoms with Crippen LogP contribution in [0.1, 0.15) is 66.2 Å². The van der Waals surface area contributed by atoms with Gasteiger partial charge in [-0.05, 0) is 86.0 Å². The second-order valence-corrected chi connectivity index (χ2v) is 9.96. The zero-order valence-corrected chi connectivity index (χ0v) is 18.7. The Bertz CT molecular complexity index is 432. The van der Waals surface area contributed by atoms with Crippen molar-refractivity contribution in [3.8, 4) is 0 Å². The molecule has 0 spiro atoms. The molecular weight excluding hydrogens is 356 g/mol. The highest BCUT2D eigenvalue weighted by atomic mass is 16.5. The molecule has 2 heterocycles. The van der Waals surface area contributed by atoms with E-state index in [1.807, 2.05) is 27.7 Å². The summed E-state index contributed by atoms with van der Waals surface area (Å²) >= 11 is 0. The Kier molecular flexibility index (Phi) is 9.64. The zero-order valence-electron chi connectivity index (χ0n) is 18.7.